The number of rotatable bonds is 7. The Balaban J connectivity index is 1.30. The summed E-state index contributed by atoms with van der Waals surface area (Å²) in [6.07, 6.45) is 1.76. The second-order valence-electron chi connectivity index (χ2n) is 6.76. The predicted molar refractivity (Wildman–Crippen MR) is 126 cm³/mol. The standard InChI is InChI=1S/C24H20ClN3OS/c1-17-2-4-19(5-3-17)15-29-22-12-6-18(7-13-22)14-26-28-24-27-23(16-30-24)20-8-10-21(25)11-9-20/h2-14,16H,15H2,1H3,(H,27,28)/b26-14+. The number of aryl methyl sites for hydroxylation is 1. The van der Waals surface area contributed by atoms with Crippen LogP contribution in [0.4, 0.5) is 5.13 Å². The van der Waals surface area contributed by atoms with E-state index in [2.05, 4.69) is 46.7 Å². The summed E-state index contributed by atoms with van der Waals surface area (Å²) in [5.41, 5.74) is 8.26. The van der Waals surface area contributed by atoms with Gasteiger partial charge in [-0.3, -0.25) is 5.43 Å². The number of halogens is 1. The van der Waals surface area contributed by atoms with Crippen LogP contribution < -0.4 is 10.2 Å². The van der Waals surface area contributed by atoms with Gasteiger partial charge in [0.1, 0.15) is 12.4 Å². The van der Waals surface area contributed by atoms with Crippen LogP contribution in [0.15, 0.2) is 83.3 Å². The van der Waals surface area contributed by atoms with Gasteiger partial charge in [-0.1, -0.05) is 53.6 Å². The van der Waals surface area contributed by atoms with E-state index in [0.717, 1.165) is 33.3 Å². The largest absolute Gasteiger partial charge is 0.489 e. The third kappa shape index (κ3) is 5.47. The summed E-state index contributed by atoms with van der Waals surface area (Å²) >= 11 is 7.44. The van der Waals surface area contributed by atoms with Crippen molar-refractivity contribution in [2.75, 3.05) is 5.43 Å². The van der Waals surface area contributed by atoms with Crippen LogP contribution in [0.1, 0.15) is 16.7 Å². The zero-order valence-electron chi connectivity index (χ0n) is 16.4. The smallest absolute Gasteiger partial charge is 0.203 e. The summed E-state index contributed by atoms with van der Waals surface area (Å²) in [4.78, 5) is 4.54. The molecule has 0 fully saturated rings. The van der Waals surface area contributed by atoms with Crippen LogP contribution in [-0.4, -0.2) is 11.2 Å². The van der Waals surface area contributed by atoms with E-state index in [4.69, 9.17) is 16.3 Å². The molecule has 6 heteroatoms. The van der Waals surface area contributed by atoms with Crippen molar-refractivity contribution in [3.05, 3.63) is 99.9 Å². The molecule has 4 aromatic rings. The molecule has 0 radical (unpaired) electrons. The van der Waals surface area contributed by atoms with Crippen LogP contribution in [0.3, 0.4) is 0 Å². The molecule has 0 aliphatic carbocycles. The lowest BCUT2D eigenvalue weighted by Crippen LogP contribution is -1.95. The van der Waals surface area contributed by atoms with E-state index in [1.165, 1.54) is 16.9 Å². The van der Waals surface area contributed by atoms with Gasteiger partial charge in [-0.05, 0) is 54.4 Å². The Morgan fingerprint density at radius 1 is 1.00 bits per heavy atom. The molecular formula is C24H20ClN3OS. The van der Waals surface area contributed by atoms with Crippen molar-refractivity contribution >= 4 is 34.3 Å². The van der Waals surface area contributed by atoms with Crippen LogP contribution in [0.2, 0.25) is 5.02 Å². The van der Waals surface area contributed by atoms with Crippen molar-refractivity contribution in [2.45, 2.75) is 13.5 Å². The molecule has 0 unspecified atom stereocenters. The number of hydrogen-bond acceptors (Lipinski definition) is 5. The summed E-state index contributed by atoms with van der Waals surface area (Å²) in [7, 11) is 0. The van der Waals surface area contributed by atoms with Gasteiger partial charge in [0.25, 0.3) is 0 Å². The van der Waals surface area contributed by atoms with Gasteiger partial charge >= 0.3 is 0 Å². The van der Waals surface area contributed by atoms with Gasteiger partial charge in [0.15, 0.2) is 0 Å². The Morgan fingerprint density at radius 2 is 1.73 bits per heavy atom. The van der Waals surface area contributed by atoms with Crippen molar-refractivity contribution in [1.29, 1.82) is 0 Å². The lowest BCUT2D eigenvalue weighted by Gasteiger charge is -2.06. The van der Waals surface area contributed by atoms with Crippen molar-refractivity contribution in [3.63, 3.8) is 0 Å². The third-order valence-corrected chi connectivity index (χ3v) is 5.42. The van der Waals surface area contributed by atoms with Crippen molar-refractivity contribution in [2.24, 2.45) is 5.10 Å². The molecule has 0 atom stereocenters. The van der Waals surface area contributed by atoms with Gasteiger partial charge in [-0.15, -0.1) is 11.3 Å². The maximum Gasteiger partial charge on any atom is 0.203 e. The minimum atomic E-state index is 0.551. The van der Waals surface area contributed by atoms with E-state index >= 15 is 0 Å². The molecule has 0 bridgehead atoms. The average molecular weight is 434 g/mol. The molecule has 0 saturated carbocycles. The lowest BCUT2D eigenvalue weighted by molar-refractivity contribution is 0.306. The summed E-state index contributed by atoms with van der Waals surface area (Å²) < 4.78 is 5.84. The molecule has 4 nitrogen and oxygen atoms in total. The highest BCUT2D eigenvalue weighted by Gasteiger charge is 2.04. The van der Waals surface area contributed by atoms with E-state index < -0.39 is 0 Å². The van der Waals surface area contributed by atoms with E-state index in [-0.39, 0.29) is 0 Å². The molecule has 0 aliphatic rings. The minimum absolute atomic E-state index is 0.551. The maximum absolute atomic E-state index is 5.93. The summed E-state index contributed by atoms with van der Waals surface area (Å²) in [5.74, 6) is 0.827. The Labute approximate surface area is 184 Å². The first-order valence-corrected chi connectivity index (χ1v) is 10.7. The summed E-state index contributed by atoms with van der Waals surface area (Å²) in [5, 5.41) is 7.71. The SMILES string of the molecule is Cc1ccc(COc2ccc(/C=N/Nc3nc(-c4ccc(Cl)cc4)cs3)cc2)cc1. The maximum atomic E-state index is 5.93. The van der Waals surface area contributed by atoms with Gasteiger partial charge in [0, 0.05) is 16.0 Å². The van der Waals surface area contributed by atoms with Crippen LogP contribution in [0, 0.1) is 6.92 Å². The number of thiazole rings is 1. The summed E-state index contributed by atoms with van der Waals surface area (Å²) in [6.45, 7) is 2.63. The fourth-order valence-electron chi connectivity index (χ4n) is 2.74. The molecule has 1 heterocycles. The first-order valence-electron chi connectivity index (χ1n) is 9.45. The number of aromatic nitrogens is 1. The highest BCUT2D eigenvalue weighted by molar-refractivity contribution is 7.14. The number of hydrogen-bond donors (Lipinski definition) is 1. The molecule has 0 amide bonds. The van der Waals surface area contributed by atoms with Crippen LogP contribution >= 0.6 is 22.9 Å². The molecule has 150 valence electrons. The third-order valence-electron chi connectivity index (χ3n) is 4.42. The molecule has 0 spiro atoms. The molecule has 30 heavy (non-hydrogen) atoms. The predicted octanol–water partition coefficient (Wildman–Crippen LogP) is 6.80. The number of anilines is 1. The number of hydrazone groups is 1. The lowest BCUT2D eigenvalue weighted by atomic mass is 10.2. The van der Waals surface area contributed by atoms with Crippen LogP contribution in [0.5, 0.6) is 5.75 Å². The van der Waals surface area contributed by atoms with E-state index in [0.29, 0.717) is 11.6 Å². The van der Waals surface area contributed by atoms with Crippen molar-refractivity contribution in [3.8, 4) is 17.0 Å². The highest BCUT2D eigenvalue weighted by Crippen LogP contribution is 2.26. The van der Waals surface area contributed by atoms with Gasteiger partial charge in [-0.25, -0.2) is 4.98 Å². The normalized spacial score (nSPS) is 11.0. The number of benzene rings is 3. The second kappa shape index (κ2) is 9.57. The minimum Gasteiger partial charge on any atom is -0.489 e. The second-order valence-corrected chi connectivity index (χ2v) is 8.05. The van der Waals surface area contributed by atoms with E-state index in [9.17, 15) is 0 Å². The molecular weight excluding hydrogens is 414 g/mol. The number of ether oxygens (including phenoxy) is 1. The number of nitrogens with zero attached hydrogens (tertiary/aromatic N) is 2. The fraction of sp³-hybridized carbons (Fsp3) is 0.0833. The Kier molecular flexibility index (Phi) is 6.42. The molecule has 0 aliphatic heterocycles. The Morgan fingerprint density at radius 3 is 2.47 bits per heavy atom. The zero-order valence-corrected chi connectivity index (χ0v) is 18.0. The first kappa shape index (κ1) is 20.1. The van der Waals surface area contributed by atoms with Gasteiger partial charge < -0.3 is 4.74 Å². The first-order chi connectivity index (χ1) is 14.7. The molecule has 0 saturated heterocycles. The topological polar surface area (TPSA) is 46.5 Å². The molecule has 4 rings (SSSR count). The van der Waals surface area contributed by atoms with Gasteiger partial charge in [0.05, 0.1) is 11.9 Å². The quantitative estimate of drug-likeness (QED) is 0.257. The van der Waals surface area contributed by atoms with E-state index in [1.54, 1.807) is 6.21 Å². The van der Waals surface area contributed by atoms with Gasteiger partial charge in [-0.2, -0.15) is 5.10 Å². The van der Waals surface area contributed by atoms with Crippen LogP contribution in [0.25, 0.3) is 11.3 Å². The van der Waals surface area contributed by atoms with Gasteiger partial charge in [0.2, 0.25) is 5.13 Å². The summed E-state index contributed by atoms with van der Waals surface area (Å²) in [6, 6.07) is 23.8. The average Bonchev–Trinajstić information content (AvgIpc) is 3.24. The zero-order chi connectivity index (χ0) is 20.8. The monoisotopic (exact) mass is 433 g/mol. The van der Waals surface area contributed by atoms with E-state index in [1.807, 2.05) is 53.9 Å². The Bertz CT molecular complexity index is 1120. The Hall–Kier alpha value is -3.15. The fourth-order valence-corrected chi connectivity index (χ4v) is 3.54. The van der Waals surface area contributed by atoms with Crippen molar-refractivity contribution in [1.82, 2.24) is 4.98 Å². The molecule has 1 aromatic heterocycles. The van der Waals surface area contributed by atoms with Crippen molar-refractivity contribution < 1.29 is 4.74 Å². The molecule has 1 N–H and O–H groups in total. The molecule has 3 aromatic carbocycles. The number of nitrogens with one attached hydrogen (secondary N) is 1. The highest BCUT2D eigenvalue weighted by atomic mass is 35.5. The van der Waals surface area contributed by atoms with Crippen LogP contribution in [-0.2, 0) is 6.61 Å².